The monoisotopic (exact) mass is 548 g/mol. The molecule has 0 bridgehead atoms. The average molecular weight is 549 g/mol. The Labute approximate surface area is 206 Å². The second-order valence-electron chi connectivity index (χ2n) is 11.7. The van der Waals surface area contributed by atoms with Crippen molar-refractivity contribution >= 4 is 33.5 Å². The third-order valence-corrected chi connectivity index (χ3v) is 11.0. The lowest BCUT2D eigenvalue weighted by Gasteiger charge is -2.65. The van der Waals surface area contributed by atoms with Crippen molar-refractivity contribution in [3.8, 4) is 0 Å². The predicted octanol–water partition coefficient (Wildman–Crippen LogP) is 1.39. The molecule has 192 valence electrons. The lowest BCUT2D eigenvalue weighted by Crippen LogP contribution is -2.72. The molecule has 0 heterocycles. The normalized spacial score (nSPS) is 53.4. The number of halogens is 2. The minimum absolute atomic E-state index is 0.0330. The Bertz CT molecular complexity index is 915. The maximum absolute atomic E-state index is 15.7. The molecule has 4 fully saturated rings. The quantitative estimate of drug-likeness (QED) is 0.330. The maximum atomic E-state index is 15.7. The highest BCUT2D eigenvalue weighted by molar-refractivity contribution is 9.10. The number of fused-ring (bicyclic) bond motifs is 5. The first-order valence-corrected chi connectivity index (χ1v) is 12.8. The summed E-state index contributed by atoms with van der Waals surface area (Å²) in [6.07, 6.45) is -5.61. The summed E-state index contributed by atoms with van der Waals surface area (Å²) >= 11 is 3.36. The van der Waals surface area contributed by atoms with E-state index in [0.29, 0.717) is 6.42 Å². The van der Waals surface area contributed by atoms with Gasteiger partial charge >= 0.3 is 5.97 Å². The average Bonchev–Trinajstić information content (AvgIpc) is 2.91. The Balaban J connectivity index is 1.76. The van der Waals surface area contributed by atoms with E-state index in [0.717, 1.165) is 0 Å². The summed E-state index contributed by atoms with van der Waals surface area (Å²) in [5.74, 6) is -4.76. The Hall–Kier alpha value is -0.940. The number of carbonyl (C=O) groups excluding carboxylic acids is 2. The third-order valence-electron chi connectivity index (χ3n) is 10.2. The van der Waals surface area contributed by atoms with E-state index < -0.39 is 87.1 Å². The van der Waals surface area contributed by atoms with Gasteiger partial charge in [0.2, 0.25) is 0 Å². The number of hydrogen-bond donors (Lipinski definition) is 5. The van der Waals surface area contributed by atoms with Crippen LogP contribution in [0.15, 0.2) is 0 Å². The van der Waals surface area contributed by atoms with Gasteiger partial charge in [-0.1, -0.05) is 36.7 Å². The van der Waals surface area contributed by atoms with E-state index in [2.05, 4.69) is 15.9 Å². The smallest absolute Gasteiger partial charge is 0.306 e. The third kappa shape index (κ3) is 3.17. The van der Waals surface area contributed by atoms with Crippen molar-refractivity contribution < 1.29 is 44.3 Å². The van der Waals surface area contributed by atoms with Gasteiger partial charge in [0.15, 0.2) is 5.78 Å². The Morgan fingerprint density at radius 2 is 1.79 bits per heavy atom. The fraction of sp³-hybridized carbons (Fsp3) is 0.875. The van der Waals surface area contributed by atoms with Crippen molar-refractivity contribution in [3.05, 3.63) is 0 Å². The second kappa shape index (κ2) is 8.03. The predicted molar refractivity (Wildman–Crippen MR) is 121 cm³/mol. The lowest BCUT2D eigenvalue weighted by molar-refractivity contribution is -0.261. The minimum atomic E-state index is -2.10. The fourth-order valence-electron chi connectivity index (χ4n) is 8.52. The molecule has 4 saturated carbocycles. The van der Waals surface area contributed by atoms with Crippen LogP contribution in [-0.4, -0.2) is 77.5 Å². The van der Waals surface area contributed by atoms with Gasteiger partial charge in [0.1, 0.15) is 29.3 Å². The summed E-state index contributed by atoms with van der Waals surface area (Å²) in [6, 6.07) is 0. The number of rotatable bonds is 4. The Kier molecular flexibility index (Phi) is 6.17. The second-order valence-corrected chi connectivity index (χ2v) is 12.8. The molecule has 0 aliphatic heterocycles. The van der Waals surface area contributed by atoms with Crippen LogP contribution < -0.4 is 0 Å². The Morgan fingerprint density at radius 3 is 2.38 bits per heavy atom. The molecule has 0 radical (unpaired) electrons. The van der Waals surface area contributed by atoms with Gasteiger partial charge in [0, 0.05) is 17.3 Å². The van der Waals surface area contributed by atoms with E-state index in [-0.39, 0.29) is 31.5 Å². The molecule has 34 heavy (non-hydrogen) atoms. The van der Waals surface area contributed by atoms with Crippen LogP contribution in [0.2, 0.25) is 0 Å². The van der Waals surface area contributed by atoms with Gasteiger partial charge in [-0.15, -0.1) is 0 Å². The highest BCUT2D eigenvalue weighted by Gasteiger charge is 2.75. The standard InChI is InChI=1S/C24H34BrFO8/c1-10-4-12-11-5-17(26)23(33)9-15(28)13(25)7-22(23,3)19(11)16(29)8-21(12,2)24(10,34)20(32)14(27)6-18(30)31/h10-14,16-17,19,27,29,33-34H,4-9H2,1-3H3,(H,30,31)/t10-,11-,12-,13+,14?,16+,17+,19+,21-,22+,23-,24-/m0/s1. The van der Waals surface area contributed by atoms with Gasteiger partial charge in [-0.2, -0.15) is 0 Å². The first-order chi connectivity index (χ1) is 15.5. The number of aliphatic carboxylic acids is 1. The lowest BCUT2D eigenvalue weighted by atomic mass is 9.41. The number of hydrogen-bond acceptors (Lipinski definition) is 7. The van der Waals surface area contributed by atoms with E-state index in [4.69, 9.17) is 5.11 Å². The number of carbonyl (C=O) groups is 3. The summed E-state index contributed by atoms with van der Waals surface area (Å²) in [7, 11) is 0. The van der Waals surface area contributed by atoms with Gasteiger partial charge in [-0.3, -0.25) is 14.4 Å². The molecule has 0 saturated heterocycles. The number of aliphatic hydroxyl groups excluding tert-OH is 2. The number of aliphatic hydroxyl groups is 4. The maximum Gasteiger partial charge on any atom is 0.306 e. The van der Waals surface area contributed by atoms with E-state index >= 15 is 4.39 Å². The van der Waals surface area contributed by atoms with Crippen molar-refractivity contribution in [1.82, 2.24) is 0 Å². The van der Waals surface area contributed by atoms with E-state index in [9.17, 15) is 34.8 Å². The molecule has 4 aliphatic rings. The minimum Gasteiger partial charge on any atom is -0.481 e. The van der Waals surface area contributed by atoms with Crippen molar-refractivity contribution in [3.63, 3.8) is 0 Å². The van der Waals surface area contributed by atoms with Crippen LogP contribution in [-0.2, 0) is 14.4 Å². The van der Waals surface area contributed by atoms with E-state index in [1.807, 2.05) is 0 Å². The molecule has 0 amide bonds. The summed E-state index contributed by atoms with van der Waals surface area (Å²) in [5, 5.41) is 53.9. The van der Waals surface area contributed by atoms with Crippen molar-refractivity contribution in [2.45, 2.75) is 93.7 Å². The number of carboxylic acid groups (broad SMARTS) is 1. The molecular weight excluding hydrogens is 515 g/mol. The van der Waals surface area contributed by atoms with Crippen molar-refractivity contribution in [2.24, 2.45) is 34.5 Å². The van der Waals surface area contributed by atoms with Gasteiger partial charge in [-0.05, 0) is 49.4 Å². The summed E-state index contributed by atoms with van der Waals surface area (Å²) < 4.78 is 15.7. The van der Waals surface area contributed by atoms with Gasteiger partial charge < -0.3 is 25.5 Å². The molecule has 4 aliphatic carbocycles. The number of alkyl halides is 2. The molecule has 12 atom stereocenters. The molecule has 1 unspecified atom stereocenters. The Morgan fingerprint density at radius 1 is 1.18 bits per heavy atom. The van der Waals surface area contributed by atoms with Crippen LogP contribution in [0.5, 0.6) is 0 Å². The van der Waals surface area contributed by atoms with Gasteiger partial charge in [0.25, 0.3) is 0 Å². The fourth-order valence-corrected chi connectivity index (χ4v) is 9.36. The summed E-state index contributed by atoms with van der Waals surface area (Å²) in [6.45, 7) is 5.02. The van der Waals surface area contributed by atoms with E-state index in [1.165, 1.54) is 0 Å². The number of carboxylic acids is 1. The zero-order chi connectivity index (χ0) is 25.6. The number of Topliss-reactive ketones (excluding diaryl/α,β-unsaturated/α-hetero) is 2. The molecule has 5 N–H and O–H groups in total. The van der Waals surface area contributed by atoms with Crippen molar-refractivity contribution in [1.29, 1.82) is 0 Å². The van der Waals surface area contributed by atoms with Gasteiger partial charge in [-0.25, -0.2) is 4.39 Å². The molecule has 8 nitrogen and oxygen atoms in total. The highest BCUT2D eigenvalue weighted by atomic mass is 79.9. The zero-order valence-corrected chi connectivity index (χ0v) is 21.2. The SMILES string of the molecule is C[C@H]1C[C@H]2[C@@H]3C[C@@H](F)[C@@]4(O)CC(=O)[C@H](Br)C[C@]4(C)[C@H]3[C@H](O)C[C@]2(C)[C@@]1(O)C(=O)C(O)CC(=O)O. The topological polar surface area (TPSA) is 152 Å². The first-order valence-electron chi connectivity index (χ1n) is 11.9. The first kappa shape index (κ1) is 26.1. The van der Waals surface area contributed by atoms with Crippen LogP contribution in [0.4, 0.5) is 4.39 Å². The molecule has 4 rings (SSSR count). The number of ketones is 2. The van der Waals surface area contributed by atoms with Crippen molar-refractivity contribution in [2.75, 3.05) is 0 Å². The highest BCUT2D eigenvalue weighted by Crippen LogP contribution is 2.70. The zero-order valence-electron chi connectivity index (χ0n) is 19.6. The van der Waals surface area contributed by atoms with Crippen LogP contribution in [0.25, 0.3) is 0 Å². The molecule has 0 aromatic heterocycles. The van der Waals surface area contributed by atoms with Crippen LogP contribution in [0.1, 0.15) is 59.3 Å². The molecule has 10 heteroatoms. The van der Waals surface area contributed by atoms with Crippen LogP contribution >= 0.6 is 15.9 Å². The molecule has 0 aromatic rings. The molecular formula is C24H34BrFO8. The molecule has 0 spiro atoms. The summed E-state index contributed by atoms with van der Waals surface area (Å²) in [5.41, 5.74) is -6.36. The van der Waals surface area contributed by atoms with Crippen LogP contribution in [0, 0.1) is 34.5 Å². The van der Waals surface area contributed by atoms with Gasteiger partial charge in [0.05, 0.1) is 17.4 Å². The molecule has 0 aromatic carbocycles. The van der Waals surface area contributed by atoms with E-state index in [1.54, 1.807) is 20.8 Å². The summed E-state index contributed by atoms with van der Waals surface area (Å²) in [4.78, 5) is 36.1. The largest absolute Gasteiger partial charge is 0.481 e. The van der Waals surface area contributed by atoms with Crippen LogP contribution in [0.3, 0.4) is 0 Å².